The standard InChI is InChI=1S/C10H12BrNO2/c1-2-9(10(13)14)12-8-5-3-4-7(11)6-8/h3-6,9,12H,2H2,1H3,(H,13,14)/t9-/m1/s1. The van der Waals surface area contributed by atoms with Gasteiger partial charge in [0.2, 0.25) is 0 Å². The molecule has 0 unspecified atom stereocenters. The number of carboxylic acid groups (broad SMARTS) is 1. The quantitative estimate of drug-likeness (QED) is 0.872. The Balaban J connectivity index is 2.72. The number of anilines is 1. The first-order chi connectivity index (χ1) is 6.63. The lowest BCUT2D eigenvalue weighted by atomic mass is 10.2. The second-order valence-corrected chi connectivity index (χ2v) is 3.87. The molecule has 4 heteroatoms. The third-order valence-corrected chi connectivity index (χ3v) is 2.37. The minimum absolute atomic E-state index is 0.524. The van der Waals surface area contributed by atoms with Gasteiger partial charge in [0, 0.05) is 10.2 Å². The van der Waals surface area contributed by atoms with E-state index in [0.717, 1.165) is 10.2 Å². The van der Waals surface area contributed by atoms with Crippen molar-refractivity contribution < 1.29 is 9.90 Å². The fraction of sp³-hybridized carbons (Fsp3) is 0.300. The molecule has 0 amide bonds. The van der Waals surface area contributed by atoms with Crippen molar-refractivity contribution in [3.63, 3.8) is 0 Å². The molecular formula is C10H12BrNO2. The number of aliphatic carboxylic acids is 1. The van der Waals surface area contributed by atoms with Gasteiger partial charge in [0.25, 0.3) is 0 Å². The van der Waals surface area contributed by atoms with Crippen molar-refractivity contribution in [2.45, 2.75) is 19.4 Å². The Bertz CT molecular complexity index is 328. The summed E-state index contributed by atoms with van der Waals surface area (Å²) in [5.41, 5.74) is 0.814. The fourth-order valence-electron chi connectivity index (χ4n) is 1.12. The Hall–Kier alpha value is -1.03. The van der Waals surface area contributed by atoms with Crippen molar-refractivity contribution in [1.82, 2.24) is 0 Å². The lowest BCUT2D eigenvalue weighted by molar-refractivity contribution is -0.137. The summed E-state index contributed by atoms with van der Waals surface area (Å²) in [7, 11) is 0. The van der Waals surface area contributed by atoms with Crippen LogP contribution < -0.4 is 5.32 Å². The van der Waals surface area contributed by atoms with Crippen molar-refractivity contribution in [1.29, 1.82) is 0 Å². The smallest absolute Gasteiger partial charge is 0.326 e. The van der Waals surface area contributed by atoms with Crippen LogP contribution >= 0.6 is 15.9 Å². The molecule has 0 saturated heterocycles. The Morgan fingerprint density at radius 1 is 1.64 bits per heavy atom. The van der Waals surface area contributed by atoms with Gasteiger partial charge in [-0.3, -0.25) is 0 Å². The molecule has 0 fully saturated rings. The molecule has 0 radical (unpaired) electrons. The predicted octanol–water partition coefficient (Wildman–Crippen LogP) is 2.72. The van der Waals surface area contributed by atoms with E-state index in [2.05, 4.69) is 21.2 Å². The van der Waals surface area contributed by atoms with Crippen LogP contribution in [0.5, 0.6) is 0 Å². The van der Waals surface area contributed by atoms with Crippen molar-refractivity contribution in [3.05, 3.63) is 28.7 Å². The van der Waals surface area contributed by atoms with Gasteiger partial charge in [-0.15, -0.1) is 0 Å². The molecule has 1 aromatic rings. The number of rotatable bonds is 4. The molecule has 1 aromatic carbocycles. The largest absolute Gasteiger partial charge is 0.480 e. The summed E-state index contributed by atoms with van der Waals surface area (Å²) in [6, 6.07) is 6.93. The molecule has 0 aliphatic rings. The zero-order chi connectivity index (χ0) is 10.6. The minimum atomic E-state index is -0.826. The average molecular weight is 258 g/mol. The van der Waals surface area contributed by atoms with Crippen molar-refractivity contribution in [2.75, 3.05) is 5.32 Å². The SMILES string of the molecule is CC[C@@H](Nc1cccc(Br)c1)C(=O)O. The summed E-state index contributed by atoms with van der Waals surface area (Å²) in [5, 5.41) is 11.8. The molecule has 0 saturated carbocycles. The highest BCUT2D eigenvalue weighted by Gasteiger charge is 2.13. The molecule has 2 N–H and O–H groups in total. The number of benzene rings is 1. The summed E-state index contributed by atoms with van der Waals surface area (Å²) in [6.07, 6.45) is 0.557. The molecule has 0 bridgehead atoms. The Labute approximate surface area is 91.3 Å². The normalized spacial score (nSPS) is 12.1. The fourth-order valence-corrected chi connectivity index (χ4v) is 1.52. The topological polar surface area (TPSA) is 49.3 Å². The van der Waals surface area contributed by atoms with E-state index in [4.69, 9.17) is 5.11 Å². The second-order valence-electron chi connectivity index (χ2n) is 2.95. The summed E-state index contributed by atoms with van der Waals surface area (Å²) < 4.78 is 0.933. The highest BCUT2D eigenvalue weighted by molar-refractivity contribution is 9.10. The minimum Gasteiger partial charge on any atom is -0.480 e. The van der Waals surface area contributed by atoms with Crippen LogP contribution in [-0.4, -0.2) is 17.1 Å². The average Bonchev–Trinajstić information content (AvgIpc) is 2.14. The van der Waals surface area contributed by atoms with Gasteiger partial charge in [0.05, 0.1) is 0 Å². The van der Waals surface area contributed by atoms with Crippen LogP contribution in [0.3, 0.4) is 0 Å². The highest BCUT2D eigenvalue weighted by atomic mass is 79.9. The van der Waals surface area contributed by atoms with E-state index in [9.17, 15) is 4.79 Å². The van der Waals surface area contributed by atoms with Crippen molar-refractivity contribution in [3.8, 4) is 0 Å². The maximum absolute atomic E-state index is 10.7. The summed E-state index contributed by atoms with van der Waals surface area (Å²) >= 11 is 3.32. The number of nitrogens with one attached hydrogen (secondary N) is 1. The number of hydrogen-bond acceptors (Lipinski definition) is 2. The number of carbonyl (C=O) groups is 1. The van der Waals surface area contributed by atoms with E-state index < -0.39 is 12.0 Å². The molecule has 1 atom stereocenters. The maximum atomic E-state index is 10.7. The van der Waals surface area contributed by atoms with Crippen LogP contribution in [-0.2, 0) is 4.79 Å². The maximum Gasteiger partial charge on any atom is 0.326 e. The van der Waals surface area contributed by atoms with Gasteiger partial charge in [-0.1, -0.05) is 28.9 Å². The van der Waals surface area contributed by atoms with Crippen LogP contribution in [0.25, 0.3) is 0 Å². The van der Waals surface area contributed by atoms with Crippen LogP contribution in [0.15, 0.2) is 28.7 Å². The van der Waals surface area contributed by atoms with E-state index >= 15 is 0 Å². The third kappa shape index (κ3) is 3.03. The van der Waals surface area contributed by atoms with Crippen LogP contribution in [0.4, 0.5) is 5.69 Å². The van der Waals surface area contributed by atoms with Crippen molar-refractivity contribution in [2.24, 2.45) is 0 Å². The first kappa shape index (κ1) is 11.0. The number of hydrogen-bond donors (Lipinski definition) is 2. The third-order valence-electron chi connectivity index (χ3n) is 1.87. The van der Waals surface area contributed by atoms with Gasteiger partial charge in [-0.25, -0.2) is 4.79 Å². The molecule has 3 nitrogen and oxygen atoms in total. The molecule has 0 spiro atoms. The predicted molar refractivity (Wildman–Crippen MR) is 59.5 cm³/mol. The van der Waals surface area contributed by atoms with E-state index in [1.54, 1.807) is 0 Å². The van der Waals surface area contributed by atoms with Gasteiger partial charge in [0.15, 0.2) is 0 Å². The van der Waals surface area contributed by atoms with Gasteiger partial charge in [-0.2, -0.15) is 0 Å². The molecular weight excluding hydrogens is 246 g/mol. The summed E-state index contributed by atoms with van der Waals surface area (Å²) in [4.78, 5) is 10.7. The van der Waals surface area contributed by atoms with E-state index in [-0.39, 0.29) is 0 Å². The first-order valence-electron chi connectivity index (χ1n) is 4.38. The molecule has 0 aromatic heterocycles. The monoisotopic (exact) mass is 257 g/mol. The van der Waals surface area contributed by atoms with Gasteiger partial charge < -0.3 is 10.4 Å². The molecule has 0 aliphatic heterocycles. The van der Waals surface area contributed by atoms with Crippen molar-refractivity contribution >= 4 is 27.6 Å². The Kier molecular flexibility index (Phi) is 3.95. The Morgan fingerprint density at radius 2 is 2.36 bits per heavy atom. The number of carboxylic acids is 1. The van der Waals surface area contributed by atoms with Crippen LogP contribution in [0.1, 0.15) is 13.3 Å². The molecule has 14 heavy (non-hydrogen) atoms. The molecule has 0 heterocycles. The summed E-state index contributed by atoms with van der Waals surface area (Å²) in [5.74, 6) is -0.826. The van der Waals surface area contributed by atoms with Gasteiger partial charge >= 0.3 is 5.97 Å². The highest BCUT2D eigenvalue weighted by Crippen LogP contribution is 2.16. The second kappa shape index (κ2) is 5.00. The lowest BCUT2D eigenvalue weighted by Crippen LogP contribution is -2.28. The molecule has 76 valence electrons. The Morgan fingerprint density at radius 3 is 2.86 bits per heavy atom. The first-order valence-corrected chi connectivity index (χ1v) is 5.17. The van der Waals surface area contributed by atoms with E-state index in [0.29, 0.717) is 6.42 Å². The zero-order valence-corrected chi connectivity index (χ0v) is 9.41. The van der Waals surface area contributed by atoms with E-state index in [1.807, 2.05) is 31.2 Å². The molecule has 0 aliphatic carbocycles. The zero-order valence-electron chi connectivity index (χ0n) is 7.83. The lowest BCUT2D eigenvalue weighted by Gasteiger charge is -2.13. The van der Waals surface area contributed by atoms with Gasteiger partial charge in [-0.05, 0) is 24.6 Å². The van der Waals surface area contributed by atoms with Gasteiger partial charge in [0.1, 0.15) is 6.04 Å². The van der Waals surface area contributed by atoms with E-state index in [1.165, 1.54) is 0 Å². The molecule has 1 rings (SSSR count). The number of halogens is 1. The summed E-state index contributed by atoms with van der Waals surface area (Å²) in [6.45, 7) is 1.84. The van der Waals surface area contributed by atoms with Crippen LogP contribution in [0.2, 0.25) is 0 Å². The van der Waals surface area contributed by atoms with Crippen LogP contribution in [0, 0.1) is 0 Å².